The molecule has 2 aliphatic heterocycles. The highest BCUT2D eigenvalue weighted by Crippen LogP contribution is 2.21. The Morgan fingerprint density at radius 2 is 1.96 bits per heavy atom. The fraction of sp³-hybridized carbons (Fsp3) is 0.706. The summed E-state index contributed by atoms with van der Waals surface area (Å²) >= 11 is 0. The van der Waals surface area contributed by atoms with Crippen molar-refractivity contribution in [2.24, 2.45) is 0 Å². The predicted molar refractivity (Wildman–Crippen MR) is 89.8 cm³/mol. The second-order valence-electron chi connectivity index (χ2n) is 6.92. The van der Waals surface area contributed by atoms with Crippen LogP contribution in [0.2, 0.25) is 0 Å². The summed E-state index contributed by atoms with van der Waals surface area (Å²) in [6, 6.07) is 0.0183. The lowest BCUT2D eigenvalue weighted by Crippen LogP contribution is -2.46. The fourth-order valence-electron chi connectivity index (χ4n) is 3.80. The number of aromatic amines is 1. The maximum Gasteiger partial charge on any atom is 0.254 e. The van der Waals surface area contributed by atoms with E-state index in [1.54, 1.807) is 18.7 Å². The molecule has 3 rings (SSSR count). The van der Waals surface area contributed by atoms with Crippen LogP contribution in [0.5, 0.6) is 0 Å². The van der Waals surface area contributed by atoms with Crippen molar-refractivity contribution in [1.29, 1.82) is 0 Å². The van der Waals surface area contributed by atoms with E-state index < -0.39 is 6.10 Å². The predicted octanol–water partition coefficient (Wildman–Crippen LogP) is -0.0132. The lowest BCUT2D eigenvalue weighted by atomic mass is 10.1. The summed E-state index contributed by atoms with van der Waals surface area (Å²) in [4.78, 5) is 35.5. The first-order chi connectivity index (χ1) is 11.5. The van der Waals surface area contributed by atoms with Gasteiger partial charge in [0.25, 0.3) is 5.56 Å². The molecular formula is C17H26N4O3. The average molecular weight is 334 g/mol. The van der Waals surface area contributed by atoms with Crippen LogP contribution in [0.4, 0.5) is 0 Å². The molecule has 1 aromatic rings. The number of aromatic nitrogens is 2. The summed E-state index contributed by atoms with van der Waals surface area (Å²) in [6.45, 7) is 6.33. The van der Waals surface area contributed by atoms with Gasteiger partial charge in [-0.1, -0.05) is 6.42 Å². The molecule has 0 aromatic carbocycles. The maximum absolute atomic E-state index is 12.6. The van der Waals surface area contributed by atoms with Crippen molar-refractivity contribution in [2.45, 2.75) is 51.7 Å². The van der Waals surface area contributed by atoms with Crippen molar-refractivity contribution < 1.29 is 9.90 Å². The van der Waals surface area contributed by atoms with Crippen LogP contribution in [0.25, 0.3) is 0 Å². The first-order valence-corrected chi connectivity index (χ1v) is 8.72. The summed E-state index contributed by atoms with van der Waals surface area (Å²) in [5.41, 5.74) is 0.763. The van der Waals surface area contributed by atoms with Gasteiger partial charge in [-0.2, -0.15) is 0 Å². The Balaban J connectivity index is 1.67. The van der Waals surface area contributed by atoms with Gasteiger partial charge in [-0.3, -0.25) is 14.5 Å². The number of aliphatic hydroxyl groups excluding tert-OH is 1. The molecule has 7 nitrogen and oxygen atoms in total. The zero-order valence-electron chi connectivity index (χ0n) is 14.4. The van der Waals surface area contributed by atoms with Gasteiger partial charge >= 0.3 is 0 Å². The number of rotatable bonds is 3. The van der Waals surface area contributed by atoms with Crippen LogP contribution in [0.15, 0.2) is 4.79 Å². The maximum atomic E-state index is 12.6. The molecule has 132 valence electrons. The van der Waals surface area contributed by atoms with Crippen molar-refractivity contribution >= 4 is 5.91 Å². The fourth-order valence-corrected chi connectivity index (χ4v) is 3.80. The molecule has 0 bridgehead atoms. The number of amides is 1. The number of H-pyrrole nitrogens is 1. The molecule has 1 amide bonds. The molecule has 0 radical (unpaired) electrons. The molecule has 0 aliphatic carbocycles. The van der Waals surface area contributed by atoms with Crippen molar-refractivity contribution in [1.82, 2.24) is 19.8 Å². The lowest BCUT2D eigenvalue weighted by Gasteiger charge is -2.33. The first kappa shape index (κ1) is 17.1. The second kappa shape index (κ2) is 7.03. The molecule has 24 heavy (non-hydrogen) atoms. The van der Waals surface area contributed by atoms with E-state index in [2.05, 4.69) is 14.9 Å². The monoisotopic (exact) mass is 334 g/mol. The van der Waals surface area contributed by atoms with E-state index in [0.29, 0.717) is 30.2 Å². The van der Waals surface area contributed by atoms with Crippen LogP contribution in [0.1, 0.15) is 36.3 Å². The van der Waals surface area contributed by atoms with Crippen LogP contribution in [0, 0.1) is 13.8 Å². The molecule has 1 aromatic heterocycles. The van der Waals surface area contributed by atoms with Gasteiger partial charge in [-0.05, 0) is 39.8 Å². The highest BCUT2D eigenvalue weighted by molar-refractivity contribution is 5.79. The van der Waals surface area contributed by atoms with Gasteiger partial charge < -0.3 is 15.0 Å². The molecule has 7 heteroatoms. The molecule has 2 saturated heterocycles. The minimum atomic E-state index is -0.512. The van der Waals surface area contributed by atoms with Crippen LogP contribution < -0.4 is 5.56 Å². The standard InChI is InChI=1S/C17H26N4O3/c1-11-13(17(24)19-12(2)18-11)8-16(23)21-9-14(15(22)10-21)20-6-4-3-5-7-20/h14-15,22H,3-10H2,1-2H3,(H,18,19,24)/t14-,15-/m0/s1. The first-order valence-electron chi connectivity index (χ1n) is 8.72. The number of hydrogen-bond donors (Lipinski definition) is 2. The Kier molecular flexibility index (Phi) is 5.01. The number of piperidine rings is 1. The van der Waals surface area contributed by atoms with E-state index in [1.807, 2.05) is 0 Å². The minimum Gasteiger partial charge on any atom is -0.390 e. The van der Waals surface area contributed by atoms with Crippen molar-refractivity contribution in [3.05, 3.63) is 27.4 Å². The number of nitrogens with zero attached hydrogens (tertiary/aromatic N) is 3. The summed E-state index contributed by atoms with van der Waals surface area (Å²) in [7, 11) is 0. The largest absolute Gasteiger partial charge is 0.390 e. The van der Waals surface area contributed by atoms with E-state index in [-0.39, 0.29) is 23.9 Å². The molecule has 2 fully saturated rings. The molecule has 3 heterocycles. The molecule has 0 saturated carbocycles. The van der Waals surface area contributed by atoms with E-state index in [0.717, 1.165) is 25.9 Å². The number of β-amino-alcohol motifs (C(OH)–C–C–N with tert-alkyl or cyclic N) is 1. The van der Waals surface area contributed by atoms with Gasteiger partial charge in [-0.15, -0.1) is 0 Å². The van der Waals surface area contributed by atoms with Gasteiger partial charge in [0.15, 0.2) is 0 Å². The van der Waals surface area contributed by atoms with E-state index in [4.69, 9.17) is 0 Å². The summed E-state index contributed by atoms with van der Waals surface area (Å²) in [6.07, 6.45) is 3.07. The molecule has 2 aliphatic rings. The van der Waals surface area contributed by atoms with Crippen LogP contribution in [-0.4, -0.2) is 69.1 Å². The highest BCUT2D eigenvalue weighted by Gasteiger charge is 2.38. The topological polar surface area (TPSA) is 89.5 Å². The number of carbonyl (C=O) groups is 1. The zero-order chi connectivity index (χ0) is 17.3. The molecule has 2 atom stereocenters. The van der Waals surface area contributed by atoms with Crippen molar-refractivity contribution in [3.63, 3.8) is 0 Å². The lowest BCUT2D eigenvalue weighted by molar-refractivity contribution is -0.129. The van der Waals surface area contributed by atoms with E-state index >= 15 is 0 Å². The Morgan fingerprint density at radius 1 is 1.25 bits per heavy atom. The molecule has 0 spiro atoms. The number of nitrogens with one attached hydrogen (secondary N) is 1. The Labute approximate surface area is 141 Å². The quantitative estimate of drug-likeness (QED) is 0.811. The van der Waals surface area contributed by atoms with Crippen molar-refractivity contribution in [3.8, 4) is 0 Å². The number of carbonyl (C=O) groups excluding carboxylic acids is 1. The SMILES string of the molecule is Cc1nc(C)c(CC(=O)N2C[C@H](O)[C@@H](N3CCCCC3)C2)c(=O)[nH]1. The summed E-state index contributed by atoms with van der Waals surface area (Å²) in [5, 5.41) is 10.4. The second-order valence-corrected chi connectivity index (χ2v) is 6.92. The van der Waals surface area contributed by atoms with Crippen LogP contribution in [0.3, 0.4) is 0 Å². The highest BCUT2D eigenvalue weighted by atomic mass is 16.3. The molecule has 2 N–H and O–H groups in total. The van der Waals surface area contributed by atoms with Gasteiger partial charge in [0.1, 0.15) is 5.82 Å². The molecule has 0 unspecified atom stereocenters. The van der Waals surface area contributed by atoms with Gasteiger partial charge in [0.2, 0.25) is 5.91 Å². The summed E-state index contributed by atoms with van der Waals surface area (Å²) < 4.78 is 0. The number of aliphatic hydroxyl groups is 1. The smallest absolute Gasteiger partial charge is 0.254 e. The number of hydrogen-bond acceptors (Lipinski definition) is 5. The van der Waals surface area contributed by atoms with Gasteiger partial charge in [-0.25, -0.2) is 4.98 Å². The average Bonchev–Trinajstić information content (AvgIpc) is 2.93. The zero-order valence-corrected chi connectivity index (χ0v) is 14.4. The Morgan fingerprint density at radius 3 is 2.62 bits per heavy atom. The third-order valence-corrected chi connectivity index (χ3v) is 5.14. The van der Waals surface area contributed by atoms with Crippen LogP contribution >= 0.6 is 0 Å². The number of likely N-dealkylation sites (tertiary alicyclic amines) is 2. The Hall–Kier alpha value is -1.73. The third-order valence-electron chi connectivity index (χ3n) is 5.14. The van der Waals surface area contributed by atoms with E-state index in [9.17, 15) is 14.7 Å². The normalized spacial score (nSPS) is 25.2. The molecular weight excluding hydrogens is 308 g/mol. The third kappa shape index (κ3) is 3.52. The number of aryl methyl sites for hydroxylation is 2. The minimum absolute atomic E-state index is 0.0183. The van der Waals surface area contributed by atoms with Crippen molar-refractivity contribution in [2.75, 3.05) is 26.2 Å². The summed E-state index contributed by atoms with van der Waals surface area (Å²) in [5.74, 6) is 0.434. The Bertz CT molecular complexity index is 666. The van der Waals surface area contributed by atoms with E-state index in [1.165, 1.54) is 6.42 Å². The van der Waals surface area contributed by atoms with Gasteiger partial charge in [0, 0.05) is 24.3 Å². The van der Waals surface area contributed by atoms with Gasteiger partial charge in [0.05, 0.1) is 18.6 Å². The van der Waals surface area contributed by atoms with Crippen LogP contribution in [-0.2, 0) is 11.2 Å².